The summed E-state index contributed by atoms with van der Waals surface area (Å²) >= 11 is 1.78. The van der Waals surface area contributed by atoms with E-state index in [0.717, 1.165) is 12.3 Å². The molecule has 1 amide bonds. The van der Waals surface area contributed by atoms with Crippen LogP contribution >= 0.6 is 11.8 Å². The molecule has 0 fully saturated rings. The van der Waals surface area contributed by atoms with Gasteiger partial charge in [0.1, 0.15) is 0 Å². The minimum Gasteiger partial charge on any atom is -0.383 e. The van der Waals surface area contributed by atoms with Gasteiger partial charge >= 0.3 is 0 Å². The van der Waals surface area contributed by atoms with Crippen molar-refractivity contribution in [2.45, 2.75) is 4.90 Å². The van der Waals surface area contributed by atoms with Gasteiger partial charge in [-0.2, -0.15) is 0 Å². The molecule has 0 atom stereocenters. The number of thioether (sulfide) groups is 1. The lowest BCUT2D eigenvalue weighted by Gasteiger charge is -2.06. The third-order valence-corrected chi connectivity index (χ3v) is 3.22. The van der Waals surface area contributed by atoms with Gasteiger partial charge in [0.05, 0.1) is 13.2 Å². The predicted molar refractivity (Wildman–Crippen MR) is 74.9 cm³/mol. The van der Waals surface area contributed by atoms with Crippen LogP contribution in [0, 0.1) is 0 Å². The molecule has 5 heteroatoms. The van der Waals surface area contributed by atoms with Crippen molar-refractivity contribution in [3.8, 4) is 0 Å². The SMILES string of the molecule is COCCNC(=O)CNCCSc1ccccc1. The molecule has 100 valence electrons. The monoisotopic (exact) mass is 268 g/mol. The van der Waals surface area contributed by atoms with Gasteiger partial charge in [0.15, 0.2) is 0 Å². The fourth-order valence-corrected chi connectivity index (χ4v) is 2.15. The maximum atomic E-state index is 11.3. The predicted octanol–water partition coefficient (Wildman–Crippen LogP) is 1.13. The minimum atomic E-state index is 0.0109. The first-order chi connectivity index (χ1) is 8.83. The van der Waals surface area contributed by atoms with E-state index in [4.69, 9.17) is 4.74 Å². The van der Waals surface area contributed by atoms with Crippen LogP contribution in [0.15, 0.2) is 35.2 Å². The summed E-state index contributed by atoms with van der Waals surface area (Å²) in [6.45, 7) is 2.29. The highest BCUT2D eigenvalue weighted by Gasteiger charge is 1.99. The molecule has 0 aromatic heterocycles. The molecule has 0 heterocycles. The number of methoxy groups -OCH3 is 1. The molecule has 0 radical (unpaired) electrons. The third kappa shape index (κ3) is 7.32. The molecule has 0 aliphatic rings. The number of amides is 1. The van der Waals surface area contributed by atoms with Crippen molar-refractivity contribution in [2.75, 3.05) is 39.1 Å². The summed E-state index contributed by atoms with van der Waals surface area (Å²) in [6.07, 6.45) is 0. The molecule has 18 heavy (non-hydrogen) atoms. The third-order valence-electron chi connectivity index (χ3n) is 2.20. The number of carbonyl (C=O) groups excluding carboxylic acids is 1. The Labute approximate surface area is 112 Å². The number of hydrogen-bond donors (Lipinski definition) is 2. The summed E-state index contributed by atoms with van der Waals surface area (Å²) in [5.41, 5.74) is 0. The lowest BCUT2D eigenvalue weighted by molar-refractivity contribution is -0.120. The molecule has 1 aromatic carbocycles. The van der Waals surface area contributed by atoms with Crippen LogP contribution in [-0.2, 0) is 9.53 Å². The Balaban J connectivity index is 1.97. The molecular formula is C13H20N2O2S. The fraction of sp³-hybridized carbons (Fsp3) is 0.462. The molecule has 0 saturated carbocycles. The summed E-state index contributed by atoms with van der Waals surface area (Å²) in [7, 11) is 1.62. The van der Waals surface area contributed by atoms with Gasteiger partial charge in [-0.15, -0.1) is 11.8 Å². The summed E-state index contributed by atoms with van der Waals surface area (Å²) in [5.74, 6) is 0.965. The summed E-state index contributed by atoms with van der Waals surface area (Å²) in [5, 5.41) is 5.87. The zero-order valence-corrected chi connectivity index (χ0v) is 11.5. The molecule has 0 aliphatic heterocycles. The highest BCUT2D eigenvalue weighted by atomic mass is 32.2. The number of benzene rings is 1. The Morgan fingerprint density at radius 3 is 2.78 bits per heavy atom. The number of ether oxygens (including phenoxy) is 1. The van der Waals surface area contributed by atoms with E-state index in [0.29, 0.717) is 19.7 Å². The second-order valence-corrected chi connectivity index (χ2v) is 4.85. The lowest BCUT2D eigenvalue weighted by atomic mass is 10.4. The van der Waals surface area contributed by atoms with Gasteiger partial charge in [0, 0.05) is 30.8 Å². The molecule has 0 bridgehead atoms. The summed E-state index contributed by atoms with van der Waals surface area (Å²) in [4.78, 5) is 12.6. The van der Waals surface area contributed by atoms with Crippen LogP contribution in [0.4, 0.5) is 0 Å². The van der Waals surface area contributed by atoms with Crippen LogP contribution in [0.3, 0.4) is 0 Å². The number of rotatable bonds is 9. The maximum absolute atomic E-state index is 11.3. The van der Waals surface area contributed by atoms with E-state index < -0.39 is 0 Å². The summed E-state index contributed by atoms with van der Waals surface area (Å²) in [6, 6.07) is 10.2. The van der Waals surface area contributed by atoms with Gasteiger partial charge in [-0.1, -0.05) is 18.2 Å². The largest absolute Gasteiger partial charge is 0.383 e. The highest BCUT2D eigenvalue weighted by molar-refractivity contribution is 7.99. The Kier molecular flexibility index (Phi) is 8.29. The average Bonchev–Trinajstić information content (AvgIpc) is 2.40. The van der Waals surface area contributed by atoms with E-state index in [1.54, 1.807) is 18.9 Å². The Bertz CT molecular complexity index is 333. The zero-order valence-electron chi connectivity index (χ0n) is 10.6. The minimum absolute atomic E-state index is 0.0109. The van der Waals surface area contributed by atoms with Gasteiger partial charge in [0.25, 0.3) is 0 Å². The van der Waals surface area contributed by atoms with Crippen molar-refractivity contribution < 1.29 is 9.53 Å². The van der Waals surface area contributed by atoms with Gasteiger partial charge in [0.2, 0.25) is 5.91 Å². The van der Waals surface area contributed by atoms with E-state index in [9.17, 15) is 4.79 Å². The first-order valence-electron chi connectivity index (χ1n) is 5.97. The van der Waals surface area contributed by atoms with Crippen molar-refractivity contribution in [1.29, 1.82) is 0 Å². The molecule has 1 rings (SSSR count). The molecule has 0 saturated heterocycles. The van der Waals surface area contributed by atoms with Crippen LogP contribution in [0.2, 0.25) is 0 Å². The normalized spacial score (nSPS) is 10.3. The Hall–Kier alpha value is -1.04. The number of hydrogen-bond acceptors (Lipinski definition) is 4. The second-order valence-electron chi connectivity index (χ2n) is 3.68. The van der Waals surface area contributed by atoms with E-state index in [-0.39, 0.29) is 5.91 Å². The molecule has 0 aliphatic carbocycles. The fourth-order valence-electron chi connectivity index (χ4n) is 1.31. The molecule has 4 nitrogen and oxygen atoms in total. The van der Waals surface area contributed by atoms with Crippen molar-refractivity contribution in [2.24, 2.45) is 0 Å². The molecule has 1 aromatic rings. The Morgan fingerprint density at radius 1 is 1.28 bits per heavy atom. The van der Waals surface area contributed by atoms with Crippen molar-refractivity contribution in [1.82, 2.24) is 10.6 Å². The van der Waals surface area contributed by atoms with Crippen molar-refractivity contribution in [3.63, 3.8) is 0 Å². The maximum Gasteiger partial charge on any atom is 0.234 e. The second kappa shape index (κ2) is 9.94. The number of carbonyl (C=O) groups is 1. The smallest absolute Gasteiger partial charge is 0.234 e. The Morgan fingerprint density at radius 2 is 2.06 bits per heavy atom. The van der Waals surface area contributed by atoms with Crippen LogP contribution in [0.5, 0.6) is 0 Å². The topological polar surface area (TPSA) is 50.4 Å². The molecule has 0 spiro atoms. The quantitative estimate of drug-likeness (QED) is 0.521. The van der Waals surface area contributed by atoms with Gasteiger partial charge < -0.3 is 15.4 Å². The van der Waals surface area contributed by atoms with E-state index in [1.807, 2.05) is 18.2 Å². The first-order valence-corrected chi connectivity index (χ1v) is 6.95. The molecule has 0 unspecified atom stereocenters. The van der Waals surface area contributed by atoms with Crippen LogP contribution < -0.4 is 10.6 Å². The van der Waals surface area contributed by atoms with E-state index in [2.05, 4.69) is 22.8 Å². The standard InChI is InChI=1S/C13H20N2O2S/c1-17-9-7-15-13(16)11-14-8-10-18-12-5-3-2-4-6-12/h2-6,14H,7-11H2,1H3,(H,15,16). The first kappa shape index (κ1) is 15.0. The van der Waals surface area contributed by atoms with Crippen LogP contribution in [0.1, 0.15) is 0 Å². The van der Waals surface area contributed by atoms with Crippen LogP contribution in [0.25, 0.3) is 0 Å². The van der Waals surface area contributed by atoms with Gasteiger partial charge in [-0.25, -0.2) is 0 Å². The number of nitrogens with one attached hydrogen (secondary N) is 2. The van der Waals surface area contributed by atoms with Crippen molar-refractivity contribution in [3.05, 3.63) is 30.3 Å². The zero-order chi connectivity index (χ0) is 13.1. The molecular weight excluding hydrogens is 248 g/mol. The van der Waals surface area contributed by atoms with Crippen molar-refractivity contribution >= 4 is 17.7 Å². The van der Waals surface area contributed by atoms with Gasteiger partial charge in [-0.3, -0.25) is 4.79 Å². The molecule has 2 N–H and O–H groups in total. The van der Waals surface area contributed by atoms with E-state index >= 15 is 0 Å². The lowest BCUT2D eigenvalue weighted by Crippen LogP contribution is -2.36. The van der Waals surface area contributed by atoms with Gasteiger partial charge in [-0.05, 0) is 12.1 Å². The summed E-state index contributed by atoms with van der Waals surface area (Å²) < 4.78 is 4.85. The average molecular weight is 268 g/mol. The van der Waals surface area contributed by atoms with E-state index in [1.165, 1.54) is 4.90 Å². The van der Waals surface area contributed by atoms with Crippen LogP contribution in [-0.4, -0.2) is 45.0 Å². The highest BCUT2D eigenvalue weighted by Crippen LogP contribution is 2.15.